The van der Waals surface area contributed by atoms with Crippen molar-refractivity contribution in [1.29, 1.82) is 0 Å². The van der Waals surface area contributed by atoms with Crippen molar-refractivity contribution in [2.45, 2.75) is 6.42 Å². The second-order valence-electron chi connectivity index (χ2n) is 5.92. The van der Waals surface area contributed by atoms with Gasteiger partial charge in [0.1, 0.15) is 11.3 Å². The SMILES string of the molecule is COc1cc2c(c(OC)c1OC)C(=O)C(Cc1ccc(O)c(O)c1)CO2. The molecule has 0 aromatic heterocycles. The van der Waals surface area contributed by atoms with Crippen molar-refractivity contribution in [3.05, 3.63) is 35.4 Å². The molecule has 3 rings (SSSR count). The maximum absolute atomic E-state index is 13.1. The smallest absolute Gasteiger partial charge is 0.204 e. The maximum atomic E-state index is 13.1. The molecule has 0 saturated carbocycles. The third-order valence-corrected chi connectivity index (χ3v) is 4.37. The highest BCUT2D eigenvalue weighted by Crippen LogP contribution is 2.47. The number of Topliss-reactive ketones (excluding diaryl/α,β-unsaturated/α-hetero) is 1. The summed E-state index contributed by atoms with van der Waals surface area (Å²) in [5, 5.41) is 19.1. The summed E-state index contributed by atoms with van der Waals surface area (Å²) in [5.41, 5.74) is 1.02. The van der Waals surface area contributed by atoms with E-state index in [4.69, 9.17) is 18.9 Å². The first-order valence-electron chi connectivity index (χ1n) is 8.01. The number of ether oxygens (including phenoxy) is 4. The molecule has 2 N–H and O–H groups in total. The second-order valence-corrected chi connectivity index (χ2v) is 5.92. The fraction of sp³-hybridized carbons (Fsp3) is 0.316. The molecule has 0 saturated heterocycles. The van der Waals surface area contributed by atoms with Crippen LogP contribution in [0.3, 0.4) is 0 Å². The molecule has 0 radical (unpaired) electrons. The standard InChI is InChI=1S/C19H20O7/c1-23-15-8-14-16(19(25-3)18(15)24-2)17(22)11(9-26-14)6-10-4-5-12(20)13(21)7-10/h4-5,7-8,11,20-21H,6,9H2,1-3H3. The number of hydrogen-bond donors (Lipinski definition) is 2. The molecule has 26 heavy (non-hydrogen) atoms. The number of ketones is 1. The highest BCUT2D eigenvalue weighted by atomic mass is 16.5. The summed E-state index contributed by atoms with van der Waals surface area (Å²) in [6, 6.07) is 6.09. The lowest BCUT2D eigenvalue weighted by molar-refractivity contribution is 0.0823. The van der Waals surface area contributed by atoms with E-state index in [1.54, 1.807) is 12.1 Å². The molecule has 7 nitrogen and oxygen atoms in total. The summed E-state index contributed by atoms with van der Waals surface area (Å²) in [6.45, 7) is 0.187. The van der Waals surface area contributed by atoms with E-state index in [0.717, 1.165) is 0 Å². The van der Waals surface area contributed by atoms with Gasteiger partial charge in [-0.25, -0.2) is 0 Å². The first kappa shape index (κ1) is 17.7. The molecule has 1 atom stereocenters. The topological polar surface area (TPSA) is 94.5 Å². The van der Waals surface area contributed by atoms with Gasteiger partial charge >= 0.3 is 0 Å². The molecule has 0 bridgehead atoms. The van der Waals surface area contributed by atoms with Crippen LogP contribution in [-0.2, 0) is 6.42 Å². The fourth-order valence-electron chi connectivity index (χ4n) is 3.08. The Morgan fingerprint density at radius 2 is 1.77 bits per heavy atom. The van der Waals surface area contributed by atoms with Gasteiger partial charge in [-0.1, -0.05) is 6.07 Å². The fourth-order valence-corrected chi connectivity index (χ4v) is 3.08. The van der Waals surface area contributed by atoms with Crippen LogP contribution in [0, 0.1) is 5.92 Å². The molecular weight excluding hydrogens is 340 g/mol. The van der Waals surface area contributed by atoms with E-state index < -0.39 is 5.92 Å². The van der Waals surface area contributed by atoms with Crippen LogP contribution in [0.2, 0.25) is 0 Å². The van der Waals surface area contributed by atoms with Crippen molar-refractivity contribution in [1.82, 2.24) is 0 Å². The van der Waals surface area contributed by atoms with Gasteiger partial charge in [-0.2, -0.15) is 0 Å². The van der Waals surface area contributed by atoms with Crippen LogP contribution < -0.4 is 18.9 Å². The van der Waals surface area contributed by atoms with E-state index in [1.165, 1.54) is 33.5 Å². The van der Waals surface area contributed by atoms with Crippen LogP contribution >= 0.6 is 0 Å². The van der Waals surface area contributed by atoms with Crippen LogP contribution in [0.25, 0.3) is 0 Å². The Morgan fingerprint density at radius 3 is 2.38 bits per heavy atom. The largest absolute Gasteiger partial charge is 0.504 e. The molecule has 1 heterocycles. The zero-order chi connectivity index (χ0) is 18.8. The van der Waals surface area contributed by atoms with E-state index in [2.05, 4.69) is 0 Å². The van der Waals surface area contributed by atoms with Crippen LogP contribution in [-0.4, -0.2) is 43.9 Å². The summed E-state index contributed by atoms with van der Waals surface area (Å²) in [4.78, 5) is 13.1. The molecule has 138 valence electrons. The highest BCUT2D eigenvalue weighted by molar-refractivity contribution is 6.05. The number of hydrogen-bond acceptors (Lipinski definition) is 7. The number of aromatic hydroxyl groups is 2. The van der Waals surface area contributed by atoms with E-state index in [9.17, 15) is 15.0 Å². The van der Waals surface area contributed by atoms with Crippen molar-refractivity contribution in [3.8, 4) is 34.5 Å². The third kappa shape index (κ3) is 2.96. The first-order valence-corrected chi connectivity index (χ1v) is 8.01. The minimum atomic E-state index is -0.460. The predicted octanol–water partition coefficient (Wildman–Crippen LogP) is 2.56. The van der Waals surface area contributed by atoms with E-state index in [1.807, 2.05) is 0 Å². The molecule has 7 heteroatoms. The summed E-state index contributed by atoms with van der Waals surface area (Å²) in [5.74, 6) is 0.362. The Morgan fingerprint density at radius 1 is 1.04 bits per heavy atom. The van der Waals surface area contributed by atoms with Gasteiger partial charge < -0.3 is 29.2 Å². The van der Waals surface area contributed by atoms with Gasteiger partial charge in [-0.05, 0) is 24.1 Å². The number of rotatable bonds is 5. The number of benzene rings is 2. The van der Waals surface area contributed by atoms with Crippen molar-refractivity contribution < 1.29 is 34.0 Å². The molecule has 1 aliphatic heterocycles. The van der Waals surface area contributed by atoms with Gasteiger partial charge in [0.05, 0.1) is 33.9 Å². The number of phenolic OH excluding ortho intramolecular Hbond substituents is 2. The lowest BCUT2D eigenvalue weighted by Gasteiger charge is -2.27. The summed E-state index contributed by atoms with van der Waals surface area (Å²) in [6.07, 6.45) is 0.351. The van der Waals surface area contributed by atoms with Crippen molar-refractivity contribution in [2.75, 3.05) is 27.9 Å². The molecule has 0 amide bonds. The van der Waals surface area contributed by atoms with Crippen LogP contribution in [0.4, 0.5) is 0 Å². The summed E-state index contributed by atoms with van der Waals surface area (Å²) in [7, 11) is 4.42. The Kier molecular flexibility index (Phi) is 4.79. The van der Waals surface area contributed by atoms with Crippen molar-refractivity contribution >= 4 is 5.78 Å². The maximum Gasteiger partial charge on any atom is 0.204 e. The number of methoxy groups -OCH3 is 3. The van der Waals surface area contributed by atoms with Crippen LogP contribution in [0.1, 0.15) is 15.9 Å². The first-order chi connectivity index (χ1) is 12.5. The third-order valence-electron chi connectivity index (χ3n) is 4.37. The highest BCUT2D eigenvalue weighted by Gasteiger charge is 2.35. The number of carbonyl (C=O) groups excluding carboxylic acids is 1. The molecule has 0 spiro atoms. The Labute approximate surface area is 150 Å². The molecule has 0 fully saturated rings. The number of carbonyl (C=O) groups is 1. The molecular formula is C19H20O7. The quantitative estimate of drug-likeness (QED) is 0.791. The predicted molar refractivity (Wildman–Crippen MR) is 92.9 cm³/mol. The average molecular weight is 360 g/mol. The van der Waals surface area contributed by atoms with Crippen molar-refractivity contribution in [2.24, 2.45) is 5.92 Å². The summed E-state index contributed by atoms with van der Waals surface area (Å²) >= 11 is 0. The lowest BCUT2D eigenvalue weighted by Crippen LogP contribution is -2.30. The lowest BCUT2D eigenvalue weighted by atomic mass is 9.88. The van der Waals surface area contributed by atoms with Gasteiger partial charge in [0.15, 0.2) is 28.8 Å². The van der Waals surface area contributed by atoms with E-state index in [0.29, 0.717) is 34.8 Å². The van der Waals surface area contributed by atoms with Gasteiger partial charge in [0, 0.05) is 6.07 Å². The minimum absolute atomic E-state index is 0.142. The van der Waals surface area contributed by atoms with Crippen LogP contribution in [0.5, 0.6) is 34.5 Å². The second kappa shape index (κ2) is 7.03. The Hall–Kier alpha value is -3.09. The van der Waals surface area contributed by atoms with E-state index >= 15 is 0 Å². The van der Waals surface area contributed by atoms with E-state index in [-0.39, 0.29) is 29.6 Å². The number of fused-ring (bicyclic) bond motifs is 1. The van der Waals surface area contributed by atoms with Gasteiger partial charge in [-0.15, -0.1) is 0 Å². The average Bonchev–Trinajstić information content (AvgIpc) is 2.65. The Bertz CT molecular complexity index is 844. The van der Waals surface area contributed by atoms with Gasteiger partial charge in [0.25, 0.3) is 0 Å². The molecule has 2 aromatic carbocycles. The zero-order valence-electron chi connectivity index (χ0n) is 14.7. The molecule has 0 aliphatic carbocycles. The minimum Gasteiger partial charge on any atom is -0.504 e. The molecule has 2 aromatic rings. The number of phenols is 2. The molecule has 1 aliphatic rings. The normalized spacial score (nSPS) is 15.8. The summed E-state index contributed by atoms with van der Waals surface area (Å²) < 4.78 is 21.8. The van der Waals surface area contributed by atoms with Gasteiger partial charge in [-0.3, -0.25) is 4.79 Å². The molecule has 1 unspecified atom stereocenters. The van der Waals surface area contributed by atoms with Crippen LogP contribution in [0.15, 0.2) is 24.3 Å². The van der Waals surface area contributed by atoms with Crippen molar-refractivity contribution in [3.63, 3.8) is 0 Å². The Balaban J connectivity index is 1.97. The monoisotopic (exact) mass is 360 g/mol. The van der Waals surface area contributed by atoms with Gasteiger partial charge in [0.2, 0.25) is 5.75 Å². The zero-order valence-corrected chi connectivity index (χ0v) is 14.7.